The topological polar surface area (TPSA) is 29.5 Å². The molecule has 0 aliphatic heterocycles. The minimum absolute atomic E-state index is 0.232. The quantitative estimate of drug-likeness (QED) is 0.443. The predicted molar refractivity (Wildman–Crippen MR) is 121 cm³/mol. The van der Waals surface area contributed by atoms with Crippen LogP contribution >= 0.6 is 0 Å². The number of aryl methyl sites for hydroxylation is 2. The third kappa shape index (κ3) is 3.81. The number of hydrogen-bond acceptors (Lipinski definition) is 2. The van der Waals surface area contributed by atoms with E-state index < -0.39 is 0 Å². The third-order valence-corrected chi connectivity index (χ3v) is 7.21. The zero-order valence-electron chi connectivity index (χ0n) is 18.6. The summed E-state index contributed by atoms with van der Waals surface area (Å²) >= 11 is 0. The largest absolute Gasteiger partial charge is 0.251 e. The number of fused-ring (bicyclic) bond motifs is 2. The number of hydrogen-bond donors (Lipinski definition) is 1. The van der Waals surface area contributed by atoms with Crippen LogP contribution in [-0.2, 0) is 28.7 Å². The molecular weight excluding hydrogens is 356 g/mol. The van der Waals surface area contributed by atoms with Crippen LogP contribution < -0.4 is 0 Å². The van der Waals surface area contributed by atoms with Crippen LogP contribution in [0.4, 0.5) is 0 Å². The summed E-state index contributed by atoms with van der Waals surface area (Å²) in [6.45, 7) is 12.1. The lowest BCUT2D eigenvalue weighted by atomic mass is 9.62. The molecule has 0 bridgehead atoms. The second kappa shape index (κ2) is 7.41. The van der Waals surface area contributed by atoms with E-state index in [0.717, 1.165) is 18.4 Å². The van der Waals surface area contributed by atoms with Gasteiger partial charge in [0.05, 0.1) is 0 Å². The van der Waals surface area contributed by atoms with Crippen molar-refractivity contribution in [2.24, 2.45) is 0 Å². The van der Waals surface area contributed by atoms with Crippen molar-refractivity contribution >= 4 is 11.6 Å². The first-order valence-corrected chi connectivity index (χ1v) is 11.0. The Labute approximate surface area is 175 Å². The molecule has 0 atom stereocenters. The summed E-state index contributed by atoms with van der Waals surface area (Å²) in [4.78, 5) is 4.33. The van der Waals surface area contributed by atoms with Gasteiger partial charge in [0.25, 0.3) is 0 Å². The van der Waals surface area contributed by atoms with E-state index in [1.54, 1.807) is 0 Å². The lowest BCUT2D eigenvalue weighted by Crippen LogP contribution is -2.34. The van der Waals surface area contributed by atoms with Gasteiger partial charge in [0.15, 0.2) is 0 Å². The smallest absolute Gasteiger partial charge is 0.107 e. The van der Waals surface area contributed by atoms with Gasteiger partial charge in [0.1, 0.15) is 6.61 Å². The van der Waals surface area contributed by atoms with Gasteiger partial charge in [-0.2, -0.15) is 0 Å². The highest BCUT2D eigenvalue weighted by Crippen LogP contribution is 2.47. The molecule has 0 amide bonds. The van der Waals surface area contributed by atoms with Crippen molar-refractivity contribution in [3.05, 3.63) is 69.3 Å². The maximum Gasteiger partial charge on any atom is 0.107 e. The number of benzene rings is 2. The zero-order chi connectivity index (χ0) is 20.8. The molecule has 2 aliphatic rings. The lowest BCUT2D eigenvalue weighted by Gasteiger charge is -2.42. The second-order valence-corrected chi connectivity index (χ2v) is 10.3. The molecule has 4 rings (SSSR count). The van der Waals surface area contributed by atoms with E-state index in [2.05, 4.69) is 75.9 Å². The molecule has 2 aliphatic carbocycles. The van der Waals surface area contributed by atoms with Crippen LogP contribution in [0.25, 0.3) is 11.6 Å². The molecule has 1 N–H and O–H groups in total. The molecule has 0 aromatic heterocycles. The molecule has 2 aromatic carbocycles. The van der Waals surface area contributed by atoms with Crippen molar-refractivity contribution in [2.45, 2.75) is 84.2 Å². The summed E-state index contributed by atoms with van der Waals surface area (Å²) < 4.78 is 0. The first-order chi connectivity index (χ1) is 13.7. The minimum atomic E-state index is 0.232. The van der Waals surface area contributed by atoms with Gasteiger partial charge < -0.3 is 0 Å². The molecule has 29 heavy (non-hydrogen) atoms. The fourth-order valence-corrected chi connectivity index (χ4v) is 5.17. The van der Waals surface area contributed by atoms with Gasteiger partial charge in [-0.15, -0.1) is 0 Å². The van der Waals surface area contributed by atoms with Gasteiger partial charge in [0.2, 0.25) is 0 Å². The molecule has 0 radical (unpaired) electrons. The van der Waals surface area contributed by atoms with Crippen molar-refractivity contribution in [3.8, 4) is 0 Å². The van der Waals surface area contributed by atoms with E-state index in [4.69, 9.17) is 5.26 Å². The van der Waals surface area contributed by atoms with Crippen LogP contribution in [0.3, 0.4) is 0 Å². The van der Waals surface area contributed by atoms with Crippen molar-refractivity contribution < 1.29 is 10.1 Å². The van der Waals surface area contributed by atoms with Crippen LogP contribution in [0.5, 0.6) is 0 Å². The van der Waals surface area contributed by atoms with E-state index in [-0.39, 0.29) is 17.4 Å². The first kappa shape index (κ1) is 20.4. The van der Waals surface area contributed by atoms with Gasteiger partial charge in [-0.1, -0.05) is 64.1 Å². The number of allylic oxidation sites excluding steroid dienone is 1. The van der Waals surface area contributed by atoms with Gasteiger partial charge in [-0.05, 0) is 94.4 Å². The average Bonchev–Trinajstić information content (AvgIpc) is 2.67. The van der Waals surface area contributed by atoms with E-state index in [9.17, 15) is 0 Å². The van der Waals surface area contributed by atoms with Gasteiger partial charge in [-0.3, -0.25) is 5.26 Å². The Morgan fingerprint density at radius 2 is 1.66 bits per heavy atom. The molecule has 0 saturated carbocycles. The van der Waals surface area contributed by atoms with Crippen molar-refractivity contribution in [2.75, 3.05) is 0 Å². The Kier molecular flexibility index (Phi) is 5.21. The van der Waals surface area contributed by atoms with E-state index >= 15 is 0 Å². The van der Waals surface area contributed by atoms with Crippen LogP contribution in [-0.4, -0.2) is 5.26 Å². The molecule has 2 nitrogen and oxygen atoms in total. The maximum absolute atomic E-state index is 8.77. The first-order valence-electron chi connectivity index (χ1n) is 11.0. The Morgan fingerprint density at radius 3 is 2.34 bits per heavy atom. The van der Waals surface area contributed by atoms with Crippen molar-refractivity contribution in [1.29, 1.82) is 0 Å². The molecule has 154 valence electrons. The summed E-state index contributed by atoms with van der Waals surface area (Å²) in [5.41, 5.74) is 11.5. The predicted octanol–water partition coefficient (Wildman–Crippen LogP) is 7.21. The van der Waals surface area contributed by atoms with Gasteiger partial charge in [-0.25, -0.2) is 4.89 Å². The normalized spacial score (nSPS) is 21.0. The molecular formula is C27H34O2. The van der Waals surface area contributed by atoms with Crippen LogP contribution in [0.15, 0.2) is 30.3 Å². The summed E-state index contributed by atoms with van der Waals surface area (Å²) in [6.07, 6.45) is 8.30. The summed E-state index contributed by atoms with van der Waals surface area (Å²) in [6, 6.07) is 11.4. The monoisotopic (exact) mass is 390 g/mol. The SMILES string of the molecule is Cc1cc2c(cc1/C=C1/CCCc3cc(COO)ccc31)C(C)(C)CCC2(C)C. The highest BCUT2D eigenvalue weighted by atomic mass is 17.1. The molecule has 0 spiro atoms. The molecule has 2 heteroatoms. The van der Waals surface area contributed by atoms with Crippen LogP contribution in [0.2, 0.25) is 0 Å². The van der Waals surface area contributed by atoms with Crippen molar-refractivity contribution in [1.82, 2.24) is 0 Å². The summed E-state index contributed by atoms with van der Waals surface area (Å²) in [7, 11) is 0. The molecule has 0 unspecified atom stereocenters. The fraction of sp³-hybridized carbons (Fsp3) is 0.481. The summed E-state index contributed by atoms with van der Waals surface area (Å²) in [5, 5.41) is 8.77. The number of rotatable bonds is 3. The second-order valence-electron chi connectivity index (χ2n) is 10.3. The fourth-order valence-electron chi connectivity index (χ4n) is 5.17. The third-order valence-electron chi connectivity index (χ3n) is 7.21. The van der Waals surface area contributed by atoms with E-state index in [0.29, 0.717) is 0 Å². The highest BCUT2D eigenvalue weighted by Gasteiger charge is 2.37. The Hall–Kier alpha value is -1.90. The van der Waals surface area contributed by atoms with Crippen LogP contribution in [0.1, 0.15) is 92.3 Å². The van der Waals surface area contributed by atoms with Gasteiger partial charge in [0, 0.05) is 0 Å². The summed E-state index contributed by atoms with van der Waals surface area (Å²) in [5.74, 6) is 0. The Balaban J connectivity index is 1.79. The Bertz CT molecular complexity index is 963. The van der Waals surface area contributed by atoms with Crippen molar-refractivity contribution in [3.63, 3.8) is 0 Å². The molecule has 0 heterocycles. The molecule has 0 saturated heterocycles. The highest BCUT2D eigenvalue weighted by molar-refractivity contribution is 5.85. The zero-order valence-corrected chi connectivity index (χ0v) is 18.6. The van der Waals surface area contributed by atoms with E-state index in [1.165, 1.54) is 58.2 Å². The minimum Gasteiger partial charge on any atom is -0.251 e. The standard InChI is InChI=1S/C27H34O2/c1-18-13-24-25(27(4,5)12-11-26(24,2)3)16-22(18)15-21-8-6-7-20-14-19(17-29-28)9-10-23(20)21/h9-10,13-16,28H,6-8,11-12,17H2,1-5H3/b21-15-. The average molecular weight is 391 g/mol. The van der Waals surface area contributed by atoms with E-state index in [1.807, 2.05) is 0 Å². The van der Waals surface area contributed by atoms with Crippen LogP contribution in [0, 0.1) is 6.92 Å². The molecule has 0 fully saturated rings. The Morgan fingerprint density at radius 1 is 0.966 bits per heavy atom. The maximum atomic E-state index is 8.77. The van der Waals surface area contributed by atoms with Gasteiger partial charge >= 0.3 is 0 Å². The lowest BCUT2D eigenvalue weighted by molar-refractivity contribution is -0.253. The molecule has 2 aromatic rings.